The van der Waals surface area contributed by atoms with Gasteiger partial charge in [-0.1, -0.05) is 35.3 Å². The molecule has 0 atom stereocenters. The van der Waals surface area contributed by atoms with Crippen molar-refractivity contribution in [3.8, 4) is 11.3 Å². The number of benzene rings is 2. The van der Waals surface area contributed by atoms with Gasteiger partial charge in [0.1, 0.15) is 17.0 Å². The van der Waals surface area contributed by atoms with Gasteiger partial charge in [-0.2, -0.15) is 0 Å². The Kier molecular flexibility index (Phi) is 10.6. The lowest BCUT2D eigenvalue weighted by Gasteiger charge is -2.11. The zero-order chi connectivity index (χ0) is 32.6. The van der Waals surface area contributed by atoms with Gasteiger partial charge in [-0.05, 0) is 98.2 Å². The van der Waals surface area contributed by atoms with Gasteiger partial charge in [-0.15, -0.1) is 0 Å². The van der Waals surface area contributed by atoms with Gasteiger partial charge in [0.15, 0.2) is 5.65 Å². The van der Waals surface area contributed by atoms with E-state index in [1.165, 1.54) is 49.9 Å². The smallest absolute Gasteiger partial charge is 0.377 e. The van der Waals surface area contributed by atoms with E-state index in [1.54, 1.807) is 29.1 Å². The lowest BCUT2D eigenvalue weighted by Crippen LogP contribution is -2.25. The minimum Gasteiger partial charge on any atom is -0.475 e. The van der Waals surface area contributed by atoms with Gasteiger partial charge in [-0.25, -0.2) is 19.7 Å². The number of carbonyl (C=O) groups is 2. The number of halogens is 2. The largest absolute Gasteiger partial charge is 0.475 e. The predicted octanol–water partition coefficient (Wildman–Crippen LogP) is 6.61. The maximum Gasteiger partial charge on any atom is 0.377 e. The van der Waals surface area contributed by atoms with Crippen molar-refractivity contribution in [2.45, 2.75) is 32.2 Å². The van der Waals surface area contributed by atoms with Gasteiger partial charge >= 0.3 is 5.97 Å². The van der Waals surface area contributed by atoms with E-state index in [2.05, 4.69) is 20.3 Å². The zero-order valence-corrected chi connectivity index (χ0v) is 26.3. The van der Waals surface area contributed by atoms with Crippen LogP contribution >= 0.6 is 23.2 Å². The summed E-state index contributed by atoms with van der Waals surface area (Å²) in [7, 11) is 0. The number of nitrogens with one attached hydrogen (secondary N) is 1. The van der Waals surface area contributed by atoms with E-state index in [-0.39, 0.29) is 11.1 Å². The Morgan fingerprint density at radius 3 is 2.09 bits per heavy atom. The first kappa shape index (κ1) is 32.6. The molecule has 0 unspecified atom stereocenters. The number of nitrogen functional groups attached to an aromatic ring is 1. The maximum atomic E-state index is 12.9. The number of Topliss-reactive ketones (excluding diaryl/α,β-unsaturated/α-hetero) is 1. The van der Waals surface area contributed by atoms with Crippen molar-refractivity contribution in [2.24, 2.45) is 11.8 Å². The number of carbonyl (C=O) groups excluding carboxylic acids is 1. The molecule has 236 valence electrons. The van der Waals surface area contributed by atoms with Crippen molar-refractivity contribution in [3.05, 3.63) is 111 Å². The van der Waals surface area contributed by atoms with Gasteiger partial charge < -0.3 is 16.2 Å². The van der Waals surface area contributed by atoms with E-state index in [9.17, 15) is 14.4 Å². The average molecular weight is 660 g/mol. The number of carboxylic acids is 1. The fourth-order valence-corrected chi connectivity index (χ4v) is 4.70. The standard InChI is InChI=1S/C17H14ClN3O.C9H13N3.C8H5ClO3/c18-13-7-5-12(6-8-13)15-17(22)21(10-11-3-4-11)16-14(20-15)2-1-9-19-16;10-8-2-1-5-11-9(8)12-6-7-3-4-7;9-6-3-1-5(2-4-6)7(10)8(11)12/h1-2,5-9,11H,3-4,10H2;1-2,5,7H,3-4,6,10H2,(H,11,12);1-4H,(H,11,12). The molecule has 2 saturated carbocycles. The summed E-state index contributed by atoms with van der Waals surface area (Å²) < 4.78 is 1.77. The summed E-state index contributed by atoms with van der Waals surface area (Å²) in [5.41, 5.74) is 9.13. The van der Waals surface area contributed by atoms with Crippen LogP contribution in [0.4, 0.5) is 11.5 Å². The third-order valence-corrected chi connectivity index (χ3v) is 7.86. The molecule has 3 heterocycles. The van der Waals surface area contributed by atoms with Crippen LogP contribution in [0.15, 0.2) is 90.0 Å². The van der Waals surface area contributed by atoms with Crippen LogP contribution in [-0.2, 0) is 11.3 Å². The fraction of sp³-hybridized carbons (Fsp3) is 0.235. The van der Waals surface area contributed by atoms with Crippen LogP contribution in [-0.4, -0.2) is 42.9 Å². The average Bonchev–Trinajstić information content (AvgIpc) is 4.00. The van der Waals surface area contributed by atoms with Crippen molar-refractivity contribution in [2.75, 3.05) is 17.6 Å². The van der Waals surface area contributed by atoms with Gasteiger partial charge in [0.25, 0.3) is 11.3 Å². The molecule has 10 nitrogen and oxygen atoms in total. The minimum atomic E-state index is -1.46. The number of nitrogens with zero attached hydrogens (tertiary/aromatic N) is 4. The molecule has 0 radical (unpaired) electrons. The van der Waals surface area contributed by atoms with Crippen molar-refractivity contribution >= 4 is 57.6 Å². The molecule has 0 bridgehead atoms. The summed E-state index contributed by atoms with van der Waals surface area (Å²) >= 11 is 11.5. The number of rotatable bonds is 8. The molecule has 0 spiro atoms. The molecule has 2 aromatic carbocycles. The monoisotopic (exact) mass is 658 g/mol. The van der Waals surface area contributed by atoms with Crippen LogP contribution in [0.5, 0.6) is 0 Å². The first-order valence-electron chi connectivity index (χ1n) is 14.8. The Balaban J connectivity index is 0.000000148. The van der Waals surface area contributed by atoms with Crippen LogP contribution in [0, 0.1) is 11.8 Å². The second-order valence-corrected chi connectivity index (χ2v) is 12.0. The van der Waals surface area contributed by atoms with Gasteiger partial charge in [0.05, 0.1) is 5.69 Å². The predicted molar refractivity (Wildman–Crippen MR) is 180 cm³/mol. The molecule has 0 aliphatic heterocycles. The maximum absolute atomic E-state index is 12.9. The highest BCUT2D eigenvalue weighted by Gasteiger charge is 2.25. The van der Waals surface area contributed by atoms with Gasteiger partial charge in [-0.3, -0.25) is 14.2 Å². The number of anilines is 2. The highest BCUT2D eigenvalue weighted by molar-refractivity contribution is 6.40. The second kappa shape index (κ2) is 15.0. The highest BCUT2D eigenvalue weighted by Crippen LogP contribution is 2.31. The molecule has 7 rings (SSSR count). The number of hydrogen-bond donors (Lipinski definition) is 3. The SMILES string of the molecule is Nc1cccnc1NCC1CC1.O=C(O)C(=O)c1ccc(Cl)cc1.O=c1c(-c2ccc(Cl)cc2)nc2cccnc2n1CC1CC1. The van der Waals surface area contributed by atoms with E-state index in [4.69, 9.17) is 34.0 Å². The lowest BCUT2D eigenvalue weighted by atomic mass is 10.1. The summed E-state index contributed by atoms with van der Waals surface area (Å²) in [4.78, 5) is 46.9. The van der Waals surface area contributed by atoms with E-state index in [1.807, 2.05) is 36.4 Å². The molecule has 2 fully saturated rings. The molecular formula is C34H32Cl2N6O4. The third-order valence-electron chi connectivity index (χ3n) is 7.35. The van der Waals surface area contributed by atoms with E-state index in [0.29, 0.717) is 27.3 Å². The number of aromatic nitrogens is 4. The number of hydrogen-bond acceptors (Lipinski definition) is 8. The van der Waals surface area contributed by atoms with Crippen LogP contribution < -0.4 is 16.6 Å². The second-order valence-electron chi connectivity index (χ2n) is 11.1. The third kappa shape index (κ3) is 8.89. The fourth-order valence-electron chi connectivity index (χ4n) is 4.45. The van der Waals surface area contributed by atoms with Crippen LogP contribution in [0.3, 0.4) is 0 Å². The summed E-state index contributed by atoms with van der Waals surface area (Å²) in [6, 6.07) is 20.3. The Hall–Kier alpha value is -4.80. The summed E-state index contributed by atoms with van der Waals surface area (Å²) in [6.45, 7) is 1.73. The molecule has 2 aliphatic rings. The zero-order valence-electron chi connectivity index (χ0n) is 24.8. The number of carboxylic acid groups (broad SMARTS) is 1. The van der Waals surface area contributed by atoms with Crippen molar-refractivity contribution in [3.63, 3.8) is 0 Å². The Labute approximate surface area is 275 Å². The molecule has 2 aliphatic carbocycles. The number of aliphatic carboxylic acids is 1. The van der Waals surface area contributed by atoms with Crippen LogP contribution in [0.2, 0.25) is 10.0 Å². The van der Waals surface area contributed by atoms with Crippen molar-refractivity contribution < 1.29 is 14.7 Å². The Bertz CT molecular complexity index is 1890. The number of pyridine rings is 2. The topological polar surface area (TPSA) is 153 Å². The van der Waals surface area contributed by atoms with Crippen molar-refractivity contribution in [1.29, 1.82) is 0 Å². The summed E-state index contributed by atoms with van der Waals surface area (Å²) in [5, 5.41) is 12.7. The highest BCUT2D eigenvalue weighted by atomic mass is 35.5. The van der Waals surface area contributed by atoms with Crippen LogP contribution in [0.1, 0.15) is 36.0 Å². The van der Waals surface area contributed by atoms with E-state index >= 15 is 0 Å². The van der Waals surface area contributed by atoms with E-state index < -0.39 is 11.8 Å². The molecule has 4 N–H and O–H groups in total. The summed E-state index contributed by atoms with van der Waals surface area (Å²) in [5.74, 6) is -0.122. The summed E-state index contributed by atoms with van der Waals surface area (Å²) in [6.07, 6.45) is 8.51. The normalized spacial score (nSPS) is 13.5. The minimum absolute atomic E-state index is 0.0829. The first-order chi connectivity index (χ1) is 22.2. The number of ketones is 1. The molecular weight excluding hydrogens is 627 g/mol. The Morgan fingerprint density at radius 2 is 1.48 bits per heavy atom. The van der Waals surface area contributed by atoms with Gasteiger partial charge in [0, 0.05) is 46.7 Å². The molecule has 0 saturated heterocycles. The Morgan fingerprint density at radius 1 is 0.870 bits per heavy atom. The van der Waals surface area contributed by atoms with Crippen LogP contribution in [0.25, 0.3) is 22.4 Å². The lowest BCUT2D eigenvalue weighted by molar-refractivity contribution is -0.131. The first-order valence-corrected chi connectivity index (χ1v) is 15.5. The van der Waals surface area contributed by atoms with Crippen molar-refractivity contribution in [1.82, 2.24) is 19.5 Å². The molecule has 12 heteroatoms. The van der Waals surface area contributed by atoms with Gasteiger partial charge in [0.2, 0.25) is 0 Å². The van der Waals surface area contributed by atoms with E-state index in [0.717, 1.165) is 41.6 Å². The number of nitrogens with two attached hydrogens (primary N) is 1. The quantitative estimate of drug-likeness (QED) is 0.123. The number of fused-ring (bicyclic) bond motifs is 1. The molecule has 3 aromatic heterocycles. The molecule has 0 amide bonds. The molecule has 5 aromatic rings. The molecule has 46 heavy (non-hydrogen) atoms.